The third-order valence-corrected chi connectivity index (χ3v) is 6.97. The van der Waals surface area contributed by atoms with Gasteiger partial charge in [-0.2, -0.15) is 0 Å². The molecule has 3 unspecified atom stereocenters. The van der Waals surface area contributed by atoms with Crippen molar-refractivity contribution in [3.63, 3.8) is 0 Å². The van der Waals surface area contributed by atoms with E-state index in [1.165, 1.54) is 6.42 Å². The van der Waals surface area contributed by atoms with Gasteiger partial charge in [0.1, 0.15) is 24.2 Å². The Morgan fingerprint density at radius 1 is 1.25 bits per heavy atom. The number of amides is 1. The standard InChI is InChI=1S/C23H23N5O4/c1-12-3-4-14(10-24-12)20-16(13(2)32-28-20)11-30-19-6-5-17(26-27-19)22(29)25-18-9-15-7-8-23(15)21(18)31-23/h3-6,10,15,18,21H,7-9,11H2,1-2H3,(H,25,29)/t15-,18?,21?,23?/m1/s1. The molecule has 6 rings (SSSR count). The summed E-state index contributed by atoms with van der Waals surface area (Å²) in [5, 5.41) is 15.3. The van der Waals surface area contributed by atoms with Crippen LogP contribution in [0.3, 0.4) is 0 Å². The number of ether oxygens (including phenoxy) is 2. The summed E-state index contributed by atoms with van der Waals surface area (Å²) in [6.07, 6.45) is 5.23. The number of aryl methyl sites for hydroxylation is 2. The predicted octanol–water partition coefficient (Wildman–Crippen LogP) is 2.77. The number of epoxide rings is 1. The first-order chi connectivity index (χ1) is 15.5. The van der Waals surface area contributed by atoms with Crippen LogP contribution in [-0.4, -0.2) is 44.0 Å². The summed E-state index contributed by atoms with van der Waals surface area (Å²) in [6.45, 7) is 3.97. The molecule has 1 spiro atoms. The molecule has 32 heavy (non-hydrogen) atoms. The van der Waals surface area contributed by atoms with Gasteiger partial charge >= 0.3 is 0 Å². The van der Waals surface area contributed by atoms with Gasteiger partial charge in [-0.1, -0.05) is 5.16 Å². The molecule has 3 aliphatic rings. The van der Waals surface area contributed by atoms with Gasteiger partial charge < -0.3 is 19.3 Å². The van der Waals surface area contributed by atoms with Gasteiger partial charge in [0.15, 0.2) is 5.69 Å². The second-order valence-electron chi connectivity index (χ2n) is 8.84. The van der Waals surface area contributed by atoms with Crippen LogP contribution in [0.2, 0.25) is 0 Å². The first kappa shape index (κ1) is 19.4. The number of hydrogen-bond acceptors (Lipinski definition) is 8. The quantitative estimate of drug-likeness (QED) is 0.590. The average molecular weight is 433 g/mol. The lowest BCUT2D eigenvalue weighted by molar-refractivity contribution is 0.0771. The van der Waals surface area contributed by atoms with E-state index in [4.69, 9.17) is 14.0 Å². The minimum absolute atomic E-state index is 0.0685. The number of pyridine rings is 1. The Morgan fingerprint density at radius 2 is 2.16 bits per heavy atom. The zero-order valence-electron chi connectivity index (χ0n) is 17.9. The number of rotatable bonds is 6. The van der Waals surface area contributed by atoms with E-state index >= 15 is 0 Å². The van der Waals surface area contributed by atoms with E-state index in [9.17, 15) is 4.79 Å². The molecular formula is C23H23N5O4. The molecule has 4 heterocycles. The smallest absolute Gasteiger partial charge is 0.272 e. The first-order valence-electron chi connectivity index (χ1n) is 10.9. The molecule has 4 atom stereocenters. The fraction of sp³-hybridized carbons (Fsp3) is 0.435. The van der Waals surface area contributed by atoms with Gasteiger partial charge in [-0.3, -0.25) is 9.78 Å². The van der Waals surface area contributed by atoms with Crippen molar-refractivity contribution in [1.82, 2.24) is 25.7 Å². The van der Waals surface area contributed by atoms with E-state index in [1.807, 2.05) is 26.0 Å². The summed E-state index contributed by atoms with van der Waals surface area (Å²) >= 11 is 0. The molecule has 1 amide bonds. The van der Waals surface area contributed by atoms with E-state index in [-0.39, 0.29) is 36.0 Å². The molecule has 0 radical (unpaired) electrons. The molecule has 2 aliphatic carbocycles. The molecule has 9 heteroatoms. The molecule has 9 nitrogen and oxygen atoms in total. The summed E-state index contributed by atoms with van der Waals surface area (Å²) < 4.78 is 17.0. The van der Waals surface area contributed by atoms with Crippen LogP contribution in [0.1, 0.15) is 46.8 Å². The summed E-state index contributed by atoms with van der Waals surface area (Å²) in [5.41, 5.74) is 3.62. The highest BCUT2D eigenvalue weighted by molar-refractivity contribution is 5.92. The molecule has 3 aromatic rings. The molecule has 3 aromatic heterocycles. The first-order valence-corrected chi connectivity index (χ1v) is 10.9. The largest absolute Gasteiger partial charge is 0.472 e. The van der Waals surface area contributed by atoms with Crippen molar-refractivity contribution in [3.8, 4) is 17.1 Å². The van der Waals surface area contributed by atoms with Gasteiger partial charge in [-0.15, -0.1) is 10.2 Å². The number of nitrogens with zero attached hydrogens (tertiary/aromatic N) is 4. The van der Waals surface area contributed by atoms with Crippen molar-refractivity contribution < 1.29 is 18.8 Å². The van der Waals surface area contributed by atoms with Crippen LogP contribution < -0.4 is 10.1 Å². The fourth-order valence-corrected chi connectivity index (χ4v) is 4.97. The molecule has 0 bridgehead atoms. The second-order valence-corrected chi connectivity index (χ2v) is 8.84. The lowest BCUT2D eigenvalue weighted by Crippen LogP contribution is -2.37. The minimum Gasteiger partial charge on any atom is -0.472 e. The Kier molecular flexibility index (Phi) is 4.29. The monoisotopic (exact) mass is 433 g/mol. The van der Waals surface area contributed by atoms with Crippen molar-refractivity contribution in [2.75, 3.05) is 0 Å². The molecule has 2 saturated carbocycles. The summed E-state index contributed by atoms with van der Waals surface area (Å²) in [6, 6.07) is 7.20. The Labute approximate surface area is 184 Å². The summed E-state index contributed by atoms with van der Waals surface area (Å²) in [5.74, 6) is 1.35. The maximum atomic E-state index is 12.6. The molecule has 1 N–H and O–H groups in total. The third-order valence-electron chi connectivity index (χ3n) is 6.97. The van der Waals surface area contributed by atoms with Crippen LogP contribution >= 0.6 is 0 Å². The van der Waals surface area contributed by atoms with Gasteiger partial charge in [0.25, 0.3) is 5.91 Å². The zero-order chi connectivity index (χ0) is 21.9. The van der Waals surface area contributed by atoms with E-state index in [0.717, 1.165) is 29.7 Å². The number of carbonyl (C=O) groups excluding carboxylic acids is 1. The third kappa shape index (κ3) is 3.07. The molecular weight excluding hydrogens is 410 g/mol. The van der Waals surface area contributed by atoms with Gasteiger partial charge in [0.05, 0.1) is 17.2 Å². The Morgan fingerprint density at radius 3 is 2.78 bits per heavy atom. The number of aromatic nitrogens is 4. The molecule has 1 aliphatic heterocycles. The van der Waals surface area contributed by atoms with Gasteiger partial charge in [-0.05, 0) is 57.2 Å². The van der Waals surface area contributed by atoms with Crippen LogP contribution in [0, 0.1) is 19.8 Å². The normalized spacial score (nSPS) is 27.2. The Hall–Kier alpha value is -3.33. The minimum atomic E-state index is -0.231. The zero-order valence-corrected chi connectivity index (χ0v) is 17.9. The average Bonchev–Trinajstić information content (AvgIpc) is 3.42. The topological polar surface area (TPSA) is 116 Å². The fourth-order valence-electron chi connectivity index (χ4n) is 4.97. The lowest BCUT2D eigenvalue weighted by atomic mass is 9.75. The van der Waals surface area contributed by atoms with E-state index in [1.54, 1.807) is 18.3 Å². The maximum Gasteiger partial charge on any atom is 0.272 e. The number of hydrogen-bond donors (Lipinski definition) is 1. The van der Waals surface area contributed by atoms with Gasteiger partial charge in [0.2, 0.25) is 5.88 Å². The van der Waals surface area contributed by atoms with E-state index in [2.05, 4.69) is 25.7 Å². The molecule has 1 saturated heterocycles. The molecule has 0 aromatic carbocycles. The van der Waals surface area contributed by atoms with Crippen molar-refractivity contribution >= 4 is 5.91 Å². The van der Waals surface area contributed by atoms with Crippen LogP contribution in [0.5, 0.6) is 5.88 Å². The van der Waals surface area contributed by atoms with Crippen LogP contribution in [0.4, 0.5) is 0 Å². The maximum absolute atomic E-state index is 12.6. The van der Waals surface area contributed by atoms with Gasteiger partial charge in [0, 0.05) is 23.5 Å². The van der Waals surface area contributed by atoms with Crippen LogP contribution in [0.15, 0.2) is 35.0 Å². The lowest BCUT2D eigenvalue weighted by Gasteiger charge is -2.30. The number of nitrogens with one attached hydrogen (secondary N) is 1. The van der Waals surface area contributed by atoms with Crippen LogP contribution in [-0.2, 0) is 11.3 Å². The van der Waals surface area contributed by atoms with Crippen molar-refractivity contribution in [2.45, 2.75) is 57.5 Å². The highest BCUT2D eigenvalue weighted by Gasteiger charge is 2.73. The SMILES string of the molecule is Cc1ccc(-c2noc(C)c2COc2ccc(C(=O)NC3C[C@H]4CCC45OC35)nn2)cn1. The highest BCUT2D eigenvalue weighted by atomic mass is 16.6. The summed E-state index contributed by atoms with van der Waals surface area (Å²) in [4.78, 5) is 16.9. The van der Waals surface area contributed by atoms with Gasteiger partial charge in [-0.25, -0.2) is 0 Å². The van der Waals surface area contributed by atoms with Crippen molar-refractivity contribution in [2.24, 2.45) is 5.92 Å². The predicted molar refractivity (Wildman–Crippen MR) is 112 cm³/mol. The molecule has 164 valence electrons. The van der Waals surface area contributed by atoms with Crippen molar-refractivity contribution in [3.05, 3.63) is 53.2 Å². The number of carbonyl (C=O) groups is 1. The second kappa shape index (κ2) is 7.09. The van der Waals surface area contributed by atoms with Crippen molar-refractivity contribution in [1.29, 1.82) is 0 Å². The molecule has 3 fully saturated rings. The summed E-state index contributed by atoms with van der Waals surface area (Å²) in [7, 11) is 0. The van der Waals surface area contributed by atoms with E-state index < -0.39 is 0 Å². The Bertz CT molecular complexity index is 1180. The van der Waals surface area contributed by atoms with E-state index in [0.29, 0.717) is 23.3 Å². The Balaban J connectivity index is 1.10. The van der Waals surface area contributed by atoms with Crippen LogP contribution in [0.25, 0.3) is 11.3 Å². The highest BCUT2D eigenvalue weighted by Crippen LogP contribution is 2.64.